The van der Waals surface area contributed by atoms with Crippen LogP contribution in [-0.4, -0.2) is 75.2 Å². The molecule has 0 saturated carbocycles. The minimum absolute atomic E-state index is 0.0153. The van der Waals surface area contributed by atoms with Crippen molar-refractivity contribution in [3.05, 3.63) is 41.8 Å². The van der Waals surface area contributed by atoms with Crippen LogP contribution in [0.5, 0.6) is 0 Å². The molecule has 8 nitrogen and oxygen atoms in total. The Bertz CT molecular complexity index is 974. The summed E-state index contributed by atoms with van der Waals surface area (Å²) in [5.41, 5.74) is 0.867. The molecule has 0 bridgehead atoms. The average molecular weight is 421 g/mol. The fourth-order valence-corrected chi connectivity index (χ4v) is 4.99. The van der Waals surface area contributed by atoms with Gasteiger partial charge in [-0.3, -0.25) is 0 Å². The highest BCUT2D eigenvalue weighted by molar-refractivity contribution is 7.89. The molecule has 4 rings (SSSR count). The number of aryl methyl sites for hydroxylation is 1. The van der Waals surface area contributed by atoms with E-state index in [1.807, 2.05) is 13.0 Å². The van der Waals surface area contributed by atoms with Crippen LogP contribution < -0.4 is 9.80 Å². The quantitative estimate of drug-likeness (QED) is 0.736. The molecule has 0 aliphatic carbocycles. The van der Waals surface area contributed by atoms with Crippen LogP contribution in [0.15, 0.2) is 35.2 Å². The van der Waals surface area contributed by atoms with Gasteiger partial charge < -0.3 is 14.5 Å². The molecule has 3 heterocycles. The lowest BCUT2D eigenvalue weighted by Crippen LogP contribution is -2.49. The molecule has 2 aliphatic rings. The Labute approximate surface area is 170 Å². The van der Waals surface area contributed by atoms with Gasteiger partial charge in [-0.15, -0.1) is 0 Å². The first-order chi connectivity index (χ1) is 13.9. The standard InChI is InChI=1S/C19H24FN5O3S/c1-15-13-18(22-19(21-15)24-9-11-28-12-10-24)23-5-7-25(8-6-23)29(26,27)17-4-2-3-16(20)14-17/h2-4,13-14H,5-12H2,1H3. The zero-order valence-electron chi connectivity index (χ0n) is 16.3. The van der Waals surface area contributed by atoms with Gasteiger partial charge in [-0.1, -0.05) is 6.07 Å². The van der Waals surface area contributed by atoms with Gasteiger partial charge in [-0.2, -0.15) is 9.29 Å². The molecule has 2 aromatic rings. The van der Waals surface area contributed by atoms with E-state index in [0.717, 1.165) is 30.7 Å². The van der Waals surface area contributed by atoms with E-state index < -0.39 is 15.8 Å². The van der Waals surface area contributed by atoms with Crippen molar-refractivity contribution in [2.24, 2.45) is 0 Å². The van der Waals surface area contributed by atoms with Crippen molar-refractivity contribution in [3.8, 4) is 0 Å². The Hall–Kier alpha value is -2.30. The van der Waals surface area contributed by atoms with Crippen molar-refractivity contribution >= 4 is 21.8 Å². The van der Waals surface area contributed by atoms with Crippen LogP contribution in [-0.2, 0) is 14.8 Å². The van der Waals surface area contributed by atoms with Crippen LogP contribution in [0.1, 0.15) is 5.69 Å². The van der Waals surface area contributed by atoms with Crippen molar-refractivity contribution in [3.63, 3.8) is 0 Å². The lowest BCUT2D eigenvalue weighted by atomic mass is 10.3. The summed E-state index contributed by atoms with van der Waals surface area (Å²) in [5, 5.41) is 0. The van der Waals surface area contributed by atoms with Crippen LogP contribution in [0.2, 0.25) is 0 Å². The minimum Gasteiger partial charge on any atom is -0.378 e. The van der Waals surface area contributed by atoms with E-state index in [0.29, 0.717) is 45.3 Å². The van der Waals surface area contributed by atoms with E-state index in [1.54, 1.807) is 0 Å². The van der Waals surface area contributed by atoms with Crippen molar-refractivity contribution in [2.45, 2.75) is 11.8 Å². The number of piperazine rings is 1. The average Bonchev–Trinajstić information content (AvgIpc) is 2.74. The molecule has 29 heavy (non-hydrogen) atoms. The zero-order chi connectivity index (χ0) is 20.4. The highest BCUT2D eigenvalue weighted by Gasteiger charge is 2.29. The van der Waals surface area contributed by atoms with Crippen molar-refractivity contribution in [2.75, 3.05) is 62.3 Å². The van der Waals surface area contributed by atoms with Crippen molar-refractivity contribution in [1.82, 2.24) is 14.3 Å². The highest BCUT2D eigenvalue weighted by Crippen LogP contribution is 2.23. The first kappa shape index (κ1) is 20.0. The normalized spacial score (nSPS) is 18.8. The van der Waals surface area contributed by atoms with Crippen molar-refractivity contribution < 1.29 is 17.5 Å². The van der Waals surface area contributed by atoms with Gasteiger partial charge in [0.2, 0.25) is 16.0 Å². The number of hydrogen-bond donors (Lipinski definition) is 0. The maximum absolute atomic E-state index is 13.5. The summed E-state index contributed by atoms with van der Waals surface area (Å²) in [5.74, 6) is 0.914. The highest BCUT2D eigenvalue weighted by atomic mass is 32.2. The van der Waals surface area contributed by atoms with Crippen LogP contribution in [0.4, 0.5) is 16.2 Å². The maximum Gasteiger partial charge on any atom is 0.243 e. The number of sulfonamides is 1. The predicted octanol–water partition coefficient (Wildman–Crippen LogP) is 1.27. The number of morpholine rings is 1. The van der Waals surface area contributed by atoms with Gasteiger partial charge in [0.15, 0.2) is 0 Å². The first-order valence-electron chi connectivity index (χ1n) is 9.62. The monoisotopic (exact) mass is 421 g/mol. The Morgan fingerprint density at radius 2 is 1.69 bits per heavy atom. The third kappa shape index (κ3) is 4.34. The molecule has 2 saturated heterocycles. The maximum atomic E-state index is 13.5. The Morgan fingerprint density at radius 1 is 0.966 bits per heavy atom. The van der Waals surface area contributed by atoms with Gasteiger partial charge >= 0.3 is 0 Å². The largest absolute Gasteiger partial charge is 0.378 e. The van der Waals surface area contributed by atoms with Gasteiger partial charge in [0.1, 0.15) is 11.6 Å². The summed E-state index contributed by atoms with van der Waals surface area (Å²) in [7, 11) is -3.71. The molecular formula is C19H24FN5O3S. The van der Waals surface area contributed by atoms with E-state index in [-0.39, 0.29) is 4.90 Å². The number of aromatic nitrogens is 2. The number of halogens is 1. The predicted molar refractivity (Wildman–Crippen MR) is 107 cm³/mol. The van der Waals surface area contributed by atoms with Crippen LogP contribution >= 0.6 is 0 Å². The van der Waals surface area contributed by atoms with Crippen LogP contribution in [0.3, 0.4) is 0 Å². The second kappa shape index (κ2) is 8.21. The molecular weight excluding hydrogens is 397 g/mol. The molecule has 2 aliphatic heterocycles. The summed E-state index contributed by atoms with van der Waals surface area (Å²) in [4.78, 5) is 13.4. The molecule has 1 aromatic heterocycles. The lowest BCUT2D eigenvalue weighted by Gasteiger charge is -2.35. The molecule has 10 heteroatoms. The van der Waals surface area contributed by atoms with Crippen LogP contribution in [0.25, 0.3) is 0 Å². The summed E-state index contributed by atoms with van der Waals surface area (Å²) >= 11 is 0. The zero-order valence-corrected chi connectivity index (χ0v) is 17.1. The van der Waals surface area contributed by atoms with E-state index in [4.69, 9.17) is 9.72 Å². The molecule has 2 fully saturated rings. The minimum atomic E-state index is -3.71. The van der Waals surface area contributed by atoms with Crippen molar-refractivity contribution in [1.29, 1.82) is 0 Å². The molecule has 1 aromatic carbocycles. The Kier molecular flexibility index (Phi) is 5.66. The Balaban J connectivity index is 1.47. The van der Waals surface area contributed by atoms with E-state index in [9.17, 15) is 12.8 Å². The van der Waals surface area contributed by atoms with Gasteiger partial charge in [-0.25, -0.2) is 17.8 Å². The summed E-state index contributed by atoms with van der Waals surface area (Å²) in [6.45, 7) is 6.39. The summed E-state index contributed by atoms with van der Waals surface area (Å²) in [6, 6.07) is 7.05. The fraction of sp³-hybridized carbons (Fsp3) is 0.474. The fourth-order valence-electron chi connectivity index (χ4n) is 3.54. The first-order valence-corrected chi connectivity index (χ1v) is 11.1. The van der Waals surface area contributed by atoms with Gasteiger partial charge in [0.05, 0.1) is 18.1 Å². The Morgan fingerprint density at radius 3 is 2.38 bits per heavy atom. The van der Waals surface area contributed by atoms with E-state index in [2.05, 4.69) is 14.8 Å². The molecule has 0 spiro atoms. The second-order valence-electron chi connectivity index (χ2n) is 7.12. The lowest BCUT2D eigenvalue weighted by molar-refractivity contribution is 0.122. The molecule has 0 N–H and O–H groups in total. The second-order valence-corrected chi connectivity index (χ2v) is 9.05. The van der Waals surface area contributed by atoms with E-state index in [1.165, 1.54) is 22.5 Å². The smallest absolute Gasteiger partial charge is 0.243 e. The molecule has 0 atom stereocenters. The number of benzene rings is 1. The third-order valence-electron chi connectivity index (χ3n) is 5.12. The SMILES string of the molecule is Cc1cc(N2CCN(S(=O)(=O)c3cccc(F)c3)CC2)nc(N2CCOCC2)n1. The van der Waals surface area contributed by atoms with Gasteiger partial charge in [0.25, 0.3) is 0 Å². The summed E-state index contributed by atoms with van der Waals surface area (Å²) in [6.07, 6.45) is 0. The number of hydrogen-bond acceptors (Lipinski definition) is 7. The van der Waals surface area contributed by atoms with Crippen LogP contribution in [0, 0.1) is 12.7 Å². The number of rotatable bonds is 4. The van der Waals surface area contributed by atoms with E-state index >= 15 is 0 Å². The molecule has 0 amide bonds. The number of ether oxygens (including phenoxy) is 1. The molecule has 0 radical (unpaired) electrons. The number of anilines is 2. The number of nitrogens with zero attached hydrogens (tertiary/aromatic N) is 5. The molecule has 156 valence electrons. The molecule has 0 unspecified atom stereocenters. The topological polar surface area (TPSA) is 78.9 Å². The van der Waals surface area contributed by atoms with Gasteiger partial charge in [-0.05, 0) is 25.1 Å². The van der Waals surface area contributed by atoms with Gasteiger partial charge in [0, 0.05) is 51.0 Å². The third-order valence-corrected chi connectivity index (χ3v) is 7.01. The summed E-state index contributed by atoms with van der Waals surface area (Å²) < 4.78 is 45.8.